The fourth-order valence-electron chi connectivity index (χ4n) is 4.54. The van der Waals surface area contributed by atoms with Crippen LogP contribution in [0.15, 0.2) is 35.1 Å². The van der Waals surface area contributed by atoms with Crippen molar-refractivity contribution in [1.82, 2.24) is 35.9 Å². The average Bonchev–Trinajstić information content (AvgIpc) is 3.30. The van der Waals surface area contributed by atoms with E-state index >= 15 is 0 Å². The van der Waals surface area contributed by atoms with Crippen molar-refractivity contribution in [3.05, 3.63) is 53.7 Å². The maximum atomic E-state index is 14.1. The second-order valence-electron chi connectivity index (χ2n) is 9.47. The summed E-state index contributed by atoms with van der Waals surface area (Å²) in [6, 6.07) is 3.51. The Hall–Kier alpha value is -3.67. The summed E-state index contributed by atoms with van der Waals surface area (Å²) in [6.07, 6.45) is 4.45. The Morgan fingerprint density at radius 1 is 1.25 bits per heavy atom. The van der Waals surface area contributed by atoms with Gasteiger partial charge in [-0.25, -0.2) is 13.8 Å². The van der Waals surface area contributed by atoms with Gasteiger partial charge in [0.15, 0.2) is 17.3 Å². The Labute approximate surface area is 205 Å². The number of likely N-dealkylation sites (tertiary alicyclic amines) is 1. The molecule has 12 heteroatoms. The van der Waals surface area contributed by atoms with Crippen LogP contribution in [0.4, 0.5) is 8.78 Å². The van der Waals surface area contributed by atoms with Crippen molar-refractivity contribution in [2.24, 2.45) is 11.8 Å². The number of amides is 2. The lowest BCUT2D eigenvalue weighted by molar-refractivity contribution is -0.128. The van der Waals surface area contributed by atoms with E-state index in [9.17, 15) is 18.4 Å². The lowest BCUT2D eigenvalue weighted by atomic mass is 9.90. The van der Waals surface area contributed by atoms with Crippen molar-refractivity contribution in [2.45, 2.75) is 38.3 Å². The maximum absolute atomic E-state index is 14.1. The van der Waals surface area contributed by atoms with E-state index in [0.717, 1.165) is 25.2 Å². The normalized spacial score (nSPS) is 21.2. The quantitative estimate of drug-likeness (QED) is 0.434. The summed E-state index contributed by atoms with van der Waals surface area (Å²) in [6.45, 7) is 4.01. The van der Waals surface area contributed by atoms with Crippen LogP contribution in [0.1, 0.15) is 48.5 Å². The molecule has 190 valence electrons. The Morgan fingerprint density at radius 3 is 2.81 bits per heavy atom. The second kappa shape index (κ2) is 10.1. The van der Waals surface area contributed by atoms with Gasteiger partial charge in [-0.2, -0.15) is 5.10 Å². The molecule has 1 aliphatic heterocycles. The number of benzene rings is 1. The molecule has 3 N–H and O–H groups in total. The largest absolute Gasteiger partial charge is 0.355 e. The van der Waals surface area contributed by atoms with Crippen LogP contribution in [0.2, 0.25) is 0 Å². The van der Waals surface area contributed by atoms with Gasteiger partial charge in [-0.15, -0.1) is 0 Å². The molecule has 1 aliphatic carbocycles. The van der Waals surface area contributed by atoms with Crippen LogP contribution in [0.3, 0.4) is 0 Å². The molecule has 3 atom stereocenters. The van der Waals surface area contributed by atoms with E-state index in [2.05, 4.69) is 35.9 Å². The first-order valence-corrected chi connectivity index (χ1v) is 12.0. The zero-order valence-corrected chi connectivity index (χ0v) is 19.7. The summed E-state index contributed by atoms with van der Waals surface area (Å²) in [4.78, 5) is 32.6. The third-order valence-electron chi connectivity index (χ3n) is 6.68. The predicted molar refractivity (Wildman–Crippen MR) is 123 cm³/mol. The van der Waals surface area contributed by atoms with Crippen molar-refractivity contribution in [2.75, 3.05) is 19.6 Å². The molecule has 0 spiro atoms. The highest BCUT2D eigenvalue weighted by molar-refractivity contribution is 5.94. The minimum Gasteiger partial charge on any atom is -0.355 e. The molecule has 1 saturated heterocycles. The molecule has 0 bridgehead atoms. The first-order chi connectivity index (χ1) is 17.4. The molecule has 2 fully saturated rings. The number of H-pyrrole nitrogens is 1. The first-order valence-electron chi connectivity index (χ1n) is 12.0. The number of hydrogen-bond acceptors (Lipinski definition) is 7. The molecule has 10 nitrogen and oxygen atoms in total. The van der Waals surface area contributed by atoms with Gasteiger partial charge in [0.1, 0.15) is 18.0 Å². The van der Waals surface area contributed by atoms with Gasteiger partial charge in [0.2, 0.25) is 5.91 Å². The summed E-state index contributed by atoms with van der Waals surface area (Å²) in [7, 11) is 0. The van der Waals surface area contributed by atoms with Crippen LogP contribution in [0.5, 0.6) is 0 Å². The van der Waals surface area contributed by atoms with Gasteiger partial charge in [-0.05, 0) is 44.2 Å². The molecule has 0 radical (unpaired) electrons. The monoisotopic (exact) mass is 499 g/mol. The van der Waals surface area contributed by atoms with Gasteiger partial charge in [0, 0.05) is 37.8 Å². The van der Waals surface area contributed by atoms with E-state index in [1.54, 1.807) is 6.92 Å². The predicted octanol–water partition coefficient (Wildman–Crippen LogP) is 2.45. The highest BCUT2D eigenvalue weighted by atomic mass is 19.1. The summed E-state index contributed by atoms with van der Waals surface area (Å²) in [5, 5.41) is 16.3. The summed E-state index contributed by atoms with van der Waals surface area (Å²) in [5.41, 5.74) is -0.0584. The molecule has 1 aromatic carbocycles. The molecule has 2 amide bonds. The SMILES string of the molecule is CC(NC(=O)[C@H]1CN(CC2CC2)CC[C@@H]1NC(=O)c1cc(-c2ccc(F)cc2F)on1)c1nc[nH]n1. The number of carbonyl (C=O) groups is 2. The number of rotatable bonds is 8. The topological polar surface area (TPSA) is 129 Å². The number of aromatic nitrogens is 4. The van der Waals surface area contributed by atoms with Crippen LogP contribution < -0.4 is 10.6 Å². The van der Waals surface area contributed by atoms with Crippen molar-refractivity contribution >= 4 is 11.8 Å². The third kappa shape index (κ3) is 5.43. The standard InChI is InChI=1S/C24H27F2N7O3/c1-13(22-27-12-28-31-22)29-23(34)17-11-33(10-14-2-3-14)7-6-19(17)30-24(35)20-9-21(36-32-20)16-5-4-15(25)8-18(16)26/h4-5,8-9,12-14,17,19H,2-3,6-7,10-11H2,1H3,(H,29,34)(H,30,35)(H,27,28,31)/t13?,17-,19-/m0/s1. The number of hydrogen-bond donors (Lipinski definition) is 3. The molecule has 2 aliphatic rings. The number of carbonyl (C=O) groups excluding carboxylic acids is 2. The fourth-order valence-corrected chi connectivity index (χ4v) is 4.54. The molecule has 36 heavy (non-hydrogen) atoms. The van der Waals surface area contributed by atoms with Crippen LogP contribution >= 0.6 is 0 Å². The molecular weight excluding hydrogens is 472 g/mol. The van der Waals surface area contributed by atoms with E-state index in [0.29, 0.717) is 24.7 Å². The third-order valence-corrected chi connectivity index (χ3v) is 6.68. The Balaban J connectivity index is 1.28. The number of halogens is 2. The van der Waals surface area contributed by atoms with E-state index < -0.39 is 35.5 Å². The Bertz CT molecular complexity index is 1230. The van der Waals surface area contributed by atoms with Gasteiger partial charge >= 0.3 is 0 Å². The number of nitrogens with zero attached hydrogens (tertiary/aromatic N) is 4. The van der Waals surface area contributed by atoms with Crippen LogP contribution in [-0.4, -0.2) is 62.7 Å². The molecule has 5 rings (SSSR count). The van der Waals surface area contributed by atoms with Crippen molar-refractivity contribution in [1.29, 1.82) is 0 Å². The second-order valence-corrected chi connectivity index (χ2v) is 9.47. The lowest BCUT2D eigenvalue weighted by Gasteiger charge is -2.38. The summed E-state index contributed by atoms with van der Waals surface area (Å²) in [5.74, 6) is -1.62. The first kappa shape index (κ1) is 24.0. The van der Waals surface area contributed by atoms with Crippen molar-refractivity contribution in [3.8, 4) is 11.3 Å². The molecule has 2 aromatic heterocycles. The number of nitrogens with one attached hydrogen (secondary N) is 3. The summed E-state index contributed by atoms with van der Waals surface area (Å²) >= 11 is 0. The van der Waals surface area contributed by atoms with Crippen molar-refractivity contribution in [3.63, 3.8) is 0 Å². The molecule has 3 heterocycles. The number of piperidine rings is 1. The maximum Gasteiger partial charge on any atom is 0.273 e. The van der Waals surface area contributed by atoms with Crippen molar-refractivity contribution < 1.29 is 22.9 Å². The van der Waals surface area contributed by atoms with E-state index in [1.807, 2.05) is 0 Å². The van der Waals surface area contributed by atoms with Gasteiger partial charge in [-0.3, -0.25) is 14.7 Å². The molecule has 3 aromatic rings. The van der Waals surface area contributed by atoms with Gasteiger partial charge < -0.3 is 20.1 Å². The minimum absolute atomic E-state index is 0.00504. The smallest absolute Gasteiger partial charge is 0.273 e. The van der Waals surface area contributed by atoms with E-state index in [1.165, 1.54) is 31.3 Å². The average molecular weight is 500 g/mol. The number of aromatic amines is 1. The minimum atomic E-state index is -0.821. The molecule has 1 unspecified atom stereocenters. The highest BCUT2D eigenvalue weighted by Crippen LogP contribution is 2.31. The fraction of sp³-hybridized carbons (Fsp3) is 0.458. The highest BCUT2D eigenvalue weighted by Gasteiger charge is 2.38. The van der Waals surface area contributed by atoms with E-state index in [-0.39, 0.29) is 22.9 Å². The van der Waals surface area contributed by atoms with Gasteiger partial charge in [0.05, 0.1) is 17.5 Å². The summed E-state index contributed by atoms with van der Waals surface area (Å²) < 4.78 is 32.5. The van der Waals surface area contributed by atoms with Crippen LogP contribution in [0, 0.1) is 23.5 Å². The van der Waals surface area contributed by atoms with Crippen LogP contribution in [-0.2, 0) is 4.79 Å². The molecular formula is C24H27F2N7O3. The van der Waals surface area contributed by atoms with Gasteiger partial charge in [-0.1, -0.05) is 5.16 Å². The van der Waals surface area contributed by atoms with Gasteiger partial charge in [0.25, 0.3) is 5.91 Å². The zero-order valence-electron chi connectivity index (χ0n) is 19.7. The Morgan fingerprint density at radius 2 is 2.08 bits per heavy atom. The van der Waals surface area contributed by atoms with Crippen LogP contribution in [0.25, 0.3) is 11.3 Å². The molecule has 1 saturated carbocycles. The zero-order chi connectivity index (χ0) is 25.2. The lowest BCUT2D eigenvalue weighted by Crippen LogP contribution is -2.56. The van der Waals surface area contributed by atoms with E-state index in [4.69, 9.17) is 4.52 Å². The Kier molecular flexibility index (Phi) is 6.77.